The summed E-state index contributed by atoms with van der Waals surface area (Å²) in [6, 6.07) is 7.94. The van der Waals surface area contributed by atoms with Crippen LogP contribution in [0.3, 0.4) is 0 Å². The molecule has 4 heteroatoms. The predicted molar refractivity (Wildman–Crippen MR) is 82.1 cm³/mol. The normalized spacial score (nSPS) is 11.5. The van der Waals surface area contributed by atoms with Crippen LogP contribution in [0.5, 0.6) is 5.75 Å². The molecule has 0 aliphatic rings. The van der Waals surface area contributed by atoms with Gasteiger partial charge in [0.2, 0.25) is 5.91 Å². The average Bonchev–Trinajstić information content (AvgIpc) is 2.28. The van der Waals surface area contributed by atoms with Gasteiger partial charge in [0.25, 0.3) is 0 Å². The van der Waals surface area contributed by atoms with E-state index >= 15 is 0 Å². The van der Waals surface area contributed by atoms with E-state index in [1.165, 1.54) is 0 Å². The number of nitrogens with zero attached hydrogens (tertiary/aromatic N) is 1. The molecule has 0 aliphatic heterocycles. The van der Waals surface area contributed by atoms with Crippen molar-refractivity contribution in [2.45, 2.75) is 33.2 Å². The van der Waals surface area contributed by atoms with Gasteiger partial charge in [-0.3, -0.25) is 9.69 Å². The minimum absolute atomic E-state index is 0.0379. The number of likely N-dealkylation sites (N-methyl/N-ethyl adjacent to an activating group) is 1. The zero-order chi connectivity index (χ0) is 15.2. The Morgan fingerprint density at radius 2 is 1.95 bits per heavy atom. The highest BCUT2D eigenvalue weighted by molar-refractivity contribution is 5.78. The lowest BCUT2D eigenvalue weighted by atomic mass is 10.1. The lowest BCUT2D eigenvalue weighted by Crippen LogP contribution is -2.45. The van der Waals surface area contributed by atoms with E-state index in [9.17, 15) is 4.79 Å². The van der Waals surface area contributed by atoms with Crippen LogP contribution in [-0.2, 0) is 4.79 Å². The minimum atomic E-state index is -0.185. The number of para-hydroxylation sites is 1. The van der Waals surface area contributed by atoms with Crippen molar-refractivity contribution in [1.82, 2.24) is 10.2 Å². The van der Waals surface area contributed by atoms with Gasteiger partial charge in [0.1, 0.15) is 12.4 Å². The van der Waals surface area contributed by atoms with Gasteiger partial charge in [-0.1, -0.05) is 18.2 Å². The van der Waals surface area contributed by atoms with Crippen molar-refractivity contribution in [2.75, 3.05) is 26.7 Å². The highest BCUT2D eigenvalue weighted by Crippen LogP contribution is 2.15. The Morgan fingerprint density at radius 1 is 1.30 bits per heavy atom. The molecule has 0 heterocycles. The zero-order valence-corrected chi connectivity index (χ0v) is 13.2. The Hall–Kier alpha value is -1.55. The second kappa shape index (κ2) is 7.29. The summed E-state index contributed by atoms with van der Waals surface area (Å²) in [7, 11) is 1.92. The van der Waals surface area contributed by atoms with Gasteiger partial charge in [-0.05, 0) is 46.4 Å². The number of benzene rings is 1. The molecule has 0 spiro atoms. The molecule has 20 heavy (non-hydrogen) atoms. The van der Waals surface area contributed by atoms with E-state index in [1.54, 1.807) is 0 Å². The number of aryl methyl sites for hydroxylation is 1. The molecule has 0 unspecified atom stereocenters. The van der Waals surface area contributed by atoms with E-state index < -0.39 is 0 Å². The second-order valence-corrected chi connectivity index (χ2v) is 6.15. The first-order chi connectivity index (χ1) is 9.28. The van der Waals surface area contributed by atoms with Gasteiger partial charge in [0.15, 0.2) is 0 Å². The summed E-state index contributed by atoms with van der Waals surface area (Å²) in [4.78, 5) is 13.7. The highest BCUT2D eigenvalue weighted by atomic mass is 16.5. The van der Waals surface area contributed by atoms with Crippen LogP contribution in [0.2, 0.25) is 0 Å². The molecule has 4 nitrogen and oxygen atoms in total. The molecule has 112 valence electrons. The van der Waals surface area contributed by atoms with E-state index in [2.05, 4.69) is 5.32 Å². The van der Waals surface area contributed by atoms with Crippen molar-refractivity contribution in [2.24, 2.45) is 0 Å². The maximum Gasteiger partial charge on any atom is 0.234 e. The van der Waals surface area contributed by atoms with Crippen molar-refractivity contribution in [1.29, 1.82) is 0 Å². The first kappa shape index (κ1) is 16.5. The molecule has 0 aliphatic carbocycles. The molecular formula is C16H26N2O2. The van der Waals surface area contributed by atoms with Crippen molar-refractivity contribution < 1.29 is 9.53 Å². The average molecular weight is 278 g/mol. The van der Waals surface area contributed by atoms with Crippen LogP contribution in [0, 0.1) is 6.92 Å². The van der Waals surface area contributed by atoms with Crippen LogP contribution in [-0.4, -0.2) is 43.1 Å². The van der Waals surface area contributed by atoms with Crippen molar-refractivity contribution in [3.63, 3.8) is 0 Å². The van der Waals surface area contributed by atoms with E-state index in [0.29, 0.717) is 19.7 Å². The lowest BCUT2D eigenvalue weighted by Gasteiger charge is -2.23. The van der Waals surface area contributed by atoms with Gasteiger partial charge in [0, 0.05) is 12.1 Å². The topological polar surface area (TPSA) is 41.6 Å². The Morgan fingerprint density at radius 3 is 2.55 bits per heavy atom. The summed E-state index contributed by atoms with van der Waals surface area (Å²) in [5.41, 5.74) is 0.941. The number of ether oxygens (including phenoxy) is 1. The van der Waals surface area contributed by atoms with Crippen molar-refractivity contribution >= 4 is 5.91 Å². The lowest BCUT2D eigenvalue weighted by molar-refractivity contribution is -0.123. The third kappa shape index (κ3) is 6.57. The first-order valence-electron chi connectivity index (χ1n) is 6.96. The van der Waals surface area contributed by atoms with E-state index in [-0.39, 0.29) is 11.4 Å². The Balaban J connectivity index is 2.28. The molecule has 0 aromatic heterocycles. The van der Waals surface area contributed by atoms with E-state index in [0.717, 1.165) is 11.3 Å². The molecule has 1 rings (SSSR count). The largest absolute Gasteiger partial charge is 0.492 e. The minimum Gasteiger partial charge on any atom is -0.492 e. The molecule has 0 fully saturated rings. The molecule has 0 saturated heterocycles. The summed E-state index contributed by atoms with van der Waals surface area (Å²) < 4.78 is 5.72. The number of hydrogen-bond donors (Lipinski definition) is 1. The number of carbonyl (C=O) groups is 1. The number of amides is 1. The Labute approximate surface area is 122 Å². The van der Waals surface area contributed by atoms with Gasteiger partial charge in [0.05, 0.1) is 6.54 Å². The fourth-order valence-electron chi connectivity index (χ4n) is 1.81. The molecule has 0 radical (unpaired) electrons. The Kier molecular flexibility index (Phi) is 6.02. The Bertz CT molecular complexity index is 438. The smallest absolute Gasteiger partial charge is 0.234 e. The quantitative estimate of drug-likeness (QED) is 0.867. The maximum atomic E-state index is 11.8. The van der Waals surface area contributed by atoms with Gasteiger partial charge >= 0.3 is 0 Å². The summed E-state index contributed by atoms with van der Waals surface area (Å²) in [6.07, 6.45) is 0. The second-order valence-electron chi connectivity index (χ2n) is 6.15. The van der Waals surface area contributed by atoms with Crippen molar-refractivity contribution in [3.8, 4) is 5.75 Å². The standard InChI is InChI=1S/C16H26N2O2/c1-13-8-6-7-9-14(13)20-11-10-18(5)12-15(19)17-16(2,3)4/h6-9H,10-12H2,1-5H3,(H,17,19). The molecule has 1 amide bonds. The van der Waals surface area contributed by atoms with Crippen LogP contribution < -0.4 is 10.1 Å². The molecule has 0 saturated carbocycles. The SMILES string of the molecule is Cc1ccccc1OCCN(C)CC(=O)NC(C)(C)C. The molecule has 0 atom stereocenters. The summed E-state index contributed by atoms with van der Waals surface area (Å²) >= 11 is 0. The van der Waals surface area contributed by atoms with Crippen LogP contribution in [0.15, 0.2) is 24.3 Å². The molecule has 1 N–H and O–H groups in total. The van der Waals surface area contributed by atoms with Gasteiger partial charge in [-0.2, -0.15) is 0 Å². The molecule has 1 aromatic carbocycles. The van der Waals surface area contributed by atoms with Crippen LogP contribution >= 0.6 is 0 Å². The first-order valence-corrected chi connectivity index (χ1v) is 6.96. The number of carbonyl (C=O) groups excluding carboxylic acids is 1. The van der Waals surface area contributed by atoms with Crippen LogP contribution in [0.4, 0.5) is 0 Å². The zero-order valence-electron chi connectivity index (χ0n) is 13.2. The van der Waals surface area contributed by atoms with Crippen molar-refractivity contribution in [3.05, 3.63) is 29.8 Å². The monoisotopic (exact) mass is 278 g/mol. The fourth-order valence-corrected chi connectivity index (χ4v) is 1.81. The van der Waals surface area contributed by atoms with E-state index in [1.807, 2.05) is 63.9 Å². The third-order valence-electron chi connectivity index (χ3n) is 2.75. The number of hydrogen-bond acceptors (Lipinski definition) is 3. The molecular weight excluding hydrogens is 252 g/mol. The van der Waals surface area contributed by atoms with Gasteiger partial charge in [-0.15, -0.1) is 0 Å². The maximum absolute atomic E-state index is 11.8. The fraction of sp³-hybridized carbons (Fsp3) is 0.562. The van der Waals surface area contributed by atoms with Crippen LogP contribution in [0.1, 0.15) is 26.3 Å². The summed E-state index contributed by atoms with van der Waals surface area (Å²) in [5.74, 6) is 0.941. The van der Waals surface area contributed by atoms with Gasteiger partial charge < -0.3 is 10.1 Å². The van der Waals surface area contributed by atoms with Gasteiger partial charge in [-0.25, -0.2) is 0 Å². The van der Waals surface area contributed by atoms with Crippen LogP contribution in [0.25, 0.3) is 0 Å². The van der Waals surface area contributed by atoms with E-state index in [4.69, 9.17) is 4.74 Å². The third-order valence-corrected chi connectivity index (χ3v) is 2.75. The molecule has 0 bridgehead atoms. The number of nitrogens with one attached hydrogen (secondary N) is 1. The highest BCUT2D eigenvalue weighted by Gasteiger charge is 2.14. The summed E-state index contributed by atoms with van der Waals surface area (Å²) in [5, 5.41) is 2.95. The summed E-state index contributed by atoms with van der Waals surface area (Å²) in [6.45, 7) is 9.63. The molecule has 1 aromatic rings. The number of rotatable bonds is 6. The predicted octanol–water partition coefficient (Wildman–Crippen LogP) is 2.22.